The Hall–Kier alpha value is -2.01. The van der Waals surface area contributed by atoms with Gasteiger partial charge in [-0.15, -0.1) is 11.3 Å². The molecule has 0 fully saturated rings. The molecule has 0 radical (unpaired) electrons. The van der Waals surface area contributed by atoms with Crippen LogP contribution in [0.5, 0.6) is 0 Å². The minimum atomic E-state index is -0.116. The summed E-state index contributed by atoms with van der Waals surface area (Å²) in [5.41, 5.74) is 5.52. The highest BCUT2D eigenvalue weighted by molar-refractivity contribution is 7.10. The van der Waals surface area contributed by atoms with E-state index in [1.165, 1.54) is 23.3 Å². The Kier molecular flexibility index (Phi) is 3.87. The van der Waals surface area contributed by atoms with Crippen LogP contribution in [0, 0.1) is 0 Å². The van der Waals surface area contributed by atoms with Crippen LogP contribution in [0.15, 0.2) is 35.0 Å². The normalized spacial score (nSPS) is 14.2. The number of carbonyl (C=O) groups excluding carboxylic acids is 1. The Morgan fingerprint density at radius 3 is 2.95 bits per heavy atom. The van der Waals surface area contributed by atoms with Crippen molar-refractivity contribution in [3.8, 4) is 0 Å². The number of carbonyl (C=O) groups is 1. The molecular weight excluding hydrogens is 270 g/mol. The molecule has 0 aromatic carbocycles. The van der Waals surface area contributed by atoms with Crippen molar-refractivity contribution < 1.29 is 4.79 Å². The molecule has 1 amide bonds. The van der Waals surface area contributed by atoms with E-state index in [-0.39, 0.29) is 5.91 Å². The second-order valence-corrected chi connectivity index (χ2v) is 5.70. The molecule has 1 aliphatic carbocycles. The number of pyridine rings is 1. The lowest BCUT2D eigenvalue weighted by Crippen LogP contribution is -2.19. The average Bonchev–Trinajstić information content (AvgIpc) is 2.92. The van der Waals surface area contributed by atoms with Crippen molar-refractivity contribution in [2.24, 2.45) is 5.10 Å². The number of rotatable bonds is 3. The molecule has 2 heterocycles. The highest BCUT2D eigenvalue weighted by Gasteiger charge is 2.19. The van der Waals surface area contributed by atoms with Gasteiger partial charge in [0.25, 0.3) is 5.91 Å². The van der Waals surface area contributed by atoms with Gasteiger partial charge in [0.1, 0.15) is 0 Å². The monoisotopic (exact) mass is 285 g/mol. The van der Waals surface area contributed by atoms with Crippen LogP contribution in [0.3, 0.4) is 0 Å². The van der Waals surface area contributed by atoms with E-state index in [0.717, 1.165) is 24.0 Å². The molecule has 0 saturated carbocycles. The summed E-state index contributed by atoms with van der Waals surface area (Å²) in [7, 11) is 0. The zero-order chi connectivity index (χ0) is 13.8. The Balaban J connectivity index is 1.68. The SMILES string of the molecule is O=C(N/N=C/c1ccncc1)c1csc2c1CCCC2. The summed E-state index contributed by atoms with van der Waals surface area (Å²) in [5, 5.41) is 5.95. The van der Waals surface area contributed by atoms with Crippen LogP contribution in [-0.4, -0.2) is 17.1 Å². The molecule has 2 aromatic rings. The molecule has 4 nitrogen and oxygen atoms in total. The molecule has 2 aromatic heterocycles. The van der Waals surface area contributed by atoms with Gasteiger partial charge in [-0.3, -0.25) is 9.78 Å². The van der Waals surface area contributed by atoms with Crippen LogP contribution < -0.4 is 5.43 Å². The molecule has 0 bridgehead atoms. The Morgan fingerprint density at radius 2 is 2.10 bits per heavy atom. The third-order valence-electron chi connectivity index (χ3n) is 3.39. The van der Waals surface area contributed by atoms with Crippen LogP contribution in [0.1, 0.15) is 39.2 Å². The number of nitrogens with zero attached hydrogens (tertiary/aromatic N) is 2. The van der Waals surface area contributed by atoms with E-state index in [9.17, 15) is 4.79 Å². The molecule has 102 valence electrons. The van der Waals surface area contributed by atoms with Gasteiger partial charge in [0.05, 0.1) is 11.8 Å². The van der Waals surface area contributed by atoms with Crippen molar-refractivity contribution in [3.63, 3.8) is 0 Å². The molecule has 20 heavy (non-hydrogen) atoms. The van der Waals surface area contributed by atoms with Crippen LogP contribution >= 0.6 is 11.3 Å². The molecule has 1 aliphatic rings. The van der Waals surface area contributed by atoms with Gasteiger partial charge in [0, 0.05) is 22.7 Å². The van der Waals surface area contributed by atoms with E-state index >= 15 is 0 Å². The van der Waals surface area contributed by atoms with Gasteiger partial charge >= 0.3 is 0 Å². The summed E-state index contributed by atoms with van der Waals surface area (Å²) in [4.78, 5) is 17.4. The lowest BCUT2D eigenvalue weighted by molar-refractivity contribution is 0.0954. The van der Waals surface area contributed by atoms with Crippen molar-refractivity contribution in [1.82, 2.24) is 10.4 Å². The summed E-state index contributed by atoms with van der Waals surface area (Å²) in [6, 6.07) is 3.67. The summed E-state index contributed by atoms with van der Waals surface area (Å²) < 4.78 is 0. The van der Waals surface area contributed by atoms with Crippen molar-refractivity contribution in [2.75, 3.05) is 0 Å². The van der Waals surface area contributed by atoms with E-state index in [1.807, 2.05) is 17.5 Å². The first-order valence-corrected chi connectivity index (χ1v) is 7.55. The number of aromatic nitrogens is 1. The van der Waals surface area contributed by atoms with Crippen LogP contribution in [0.25, 0.3) is 0 Å². The average molecular weight is 285 g/mol. The number of nitrogens with one attached hydrogen (secondary N) is 1. The molecule has 0 unspecified atom stereocenters. The molecule has 0 aliphatic heterocycles. The summed E-state index contributed by atoms with van der Waals surface area (Å²) in [6.45, 7) is 0. The first-order valence-electron chi connectivity index (χ1n) is 6.67. The van der Waals surface area contributed by atoms with Gasteiger partial charge in [-0.25, -0.2) is 5.43 Å². The van der Waals surface area contributed by atoms with Gasteiger partial charge in [0.15, 0.2) is 0 Å². The quantitative estimate of drug-likeness (QED) is 0.696. The first kappa shape index (κ1) is 13.0. The second-order valence-electron chi connectivity index (χ2n) is 4.74. The fourth-order valence-electron chi connectivity index (χ4n) is 2.36. The Labute approximate surface area is 121 Å². The van der Waals surface area contributed by atoms with E-state index in [2.05, 4.69) is 15.5 Å². The summed E-state index contributed by atoms with van der Waals surface area (Å²) in [6.07, 6.45) is 9.53. The standard InChI is InChI=1S/C15H15N3OS/c19-15(18-17-9-11-5-7-16-8-6-11)13-10-20-14-4-2-1-3-12(13)14/h5-10H,1-4H2,(H,18,19)/b17-9+. The van der Waals surface area contributed by atoms with E-state index in [0.29, 0.717) is 0 Å². The molecule has 3 rings (SSSR count). The lowest BCUT2D eigenvalue weighted by Gasteiger charge is -2.11. The second kappa shape index (κ2) is 5.96. The number of thiophene rings is 1. The molecule has 1 N–H and O–H groups in total. The van der Waals surface area contributed by atoms with Crippen LogP contribution in [0.4, 0.5) is 0 Å². The Morgan fingerprint density at radius 1 is 1.30 bits per heavy atom. The van der Waals surface area contributed by atoms with E-state index in [4.69, 9.17) is 0 Å². The van der Waals surface area contributed by atoms with E-state index < -0.39 is 0 Å². The maximum Gasteiger partial charge on any atom is 0.272 e. The topological polar surface area (TPSA) is 54.4 Å². The predicted molar refractivity (Wildman–Crippen MR) is 80.3 cm³/mol. The number of fused-ring (bicyclic) bond motifs is 1. The minimum Gasteiger partial charge on any atom is -0.267 e. The minimum absolute atomic E-state index is 0.116. The largest absolute Gasteiger partial charge is 0.272 e. The molecule has 5 heteroatoms. The third kappa shape index (κ3) is 2.77. The molecular formula is C15H15N3OS. The van der Waals surface area contributed by atoms with Crippen LogP contribution in [0.2, 0.25) is 0 Å². The number of hydrogen-bond acceptors (Lipinski definition) is 4. The smallest absolute Gasteiger partial charge is 0.267 e. The van der Waals surface area contributed by atoms with Gasteiger partial charge < -0.3 is 0 Å². The first-order chi connectivity index (χ1) is 9.84. The maximum absolute atomic E-state index is 12.1. The van der Waals surface area contributed by atoms with Crippen molar-refractivity contribution in [2.45, 2.75) is 25.7 Å². The fourth-order valence-corrected chi connectivity index (χ4v) is 3.49. The van der Waals surface area contributed by atoms with Crippen molar-refractivity contribution in [1.29, 1.82) is 0 Å². The van der Waals surface area contributed by atoms with Crippen molar-refractivity contribution in [3.05, 3.63) is 51.5 Å². The van der Waals surface area contributed by atoms with Gasteiger partial charge in [-0.05, 0) is 48.9 Å². The zero-order valence-electron chi connectivity index (χ0n) is 11.0. The van der Waals surface area contributed by atoms with E-state index in [1.54, 1.807) is 29.9 Å². The fraction of sp³-hybridized carbons (Fsp3) is 0.267. The van der Waals surface area contributed by atoms with Gasteiger partial charge in [0.2, 0.25) is 0 Å². The van der Waals surface area contributed by atoms with Crippen LogP contribution in [-0.2, 0) is 12.8 Å². The van der Waals surface area contributed by atoms with Crippen molar-refractivity contribution >= 4 is 23.5 Å². The number of aryl methyl sites for hydroxylation is 1. The molecule has 0 saturated heterocycles. The highest BCUT2D eigenvalue weighted by atomic mass is 32.1. The maximum atomic E-state index is 12.1. The van der Waals surface area contributed by atoms with Gasteiger partial charge in [-0.1, -0.05) is 0 Å². The number of hydrogen-bond donors (Lipinski definition) is 1. The predicted octanol–water partition coefficient (Wildman–Crippen LogP) is 2.79. The Bertz CT molecular complexity index is 634. The zero-order valence-corrected chi connectivity index (χ0v) is 11.8. The summed E-state index contributed by atoms with van der Waals surface area (Å²) >= 11 is 1.69. The number of hydrazone groups is 1. The summed E-state index contributed by atoms with van der Waals surface area (Å²) in [5.74, 6) is -0.116. The molecule has 0 atom stereocenters. The highest BCUT2D eigenvalue weighted by Crippen LogP contribution is 2.30. The third-order valence-corrected chi connectivity index (χ3v) is 4.48. The molecule has 0 spiro atoms. The lowest BCUT2D eigenvalue weighted by atomic mass is 9.96. The van der Waals surface area contributed by atoms with Gasteiger partial charge in [-0.2, -0.15) is 5.10 Å². The number of amides is 1.